The Labute approximate surface area is 115 Å². The number of morpholine rings is 1. The number of hydrogen-bond acceptors (Lipinski definition) is 5. The second kappa shape index (κ2) is 6.04. The van der Waals surface area contributed by atoms with Crippen LogP contribution >= 0.6 is 11.6 Å². The van der Waals surface area contributed by atoms with E-state index in [1.165, 1.54) is 0 Å². The van der Waals surface area contributed by atoms with E-state index in [-0.39, 0.29) is 24.2 Å². The SMILES string of the molecule is Cc1noc(Cl)c1CCC(=O)N1CCOCC1C#N. The molecule has 0 spiro atoms. The molecule has 0 radical (unpaired) electrons. The molecule has 1 aromatic heterocycles. The van der Waals surface area contributed by atoms with E-state index < -0.39 is 6.04 Å². The van der Waals surface area contributed by atoms with Crippen molar-refractivity contribution in [2.24, 2.45) is 0 Å². The van der Waals surface area contributed by atoms with Crippen molar-refractivity contribution in [3.05, 3.63) is 16.5 Å². The highest BCUT2D eigenvalue weighted by atomic mass is 35.5. The molecule has 1 fully saturated rings. The van der Waals surface area contributed by atoms with Gasteiger partial charge in [-0.3, -0.25) is 4.79 Å². The van der Waals surface area contributed by atoms with E-state index in [0.717, 1.165) is 5.56 Å². The van der Waals surface area contributed by atoms with E-state index >= 15 is 0 Å². The number of halogens is 1. The molecule has 7 heteroatoms. The standard InChI is InChI=1S/C12H14ClN3O3/c1-8-10(12(13)19-15-8)2-3-11(17)16-4-5-18-7-9(16)6-14/h9H,2-5,7H2,1H3. The van der Waals surface area contributed by atoms with Gasteiger partial charge in [-0.2, -0.15) is 5.26 Å². The number of carbonyl (C=O) groups is 1. The average Bonchev–Trinajstić information content (AvgIpc) is 2.75. The Balaban J connectivity index is 1.96. The highest BCUT2D eigenvalue weighted by Gasteiger charge is 2.27. The lowest BCUT2D eigenvalue weighted by Crippen LogP contribution is -2.48. The summed E-state index contributed by atoms with van der Waals surface area (Å²) in [6.07, 6.45) is 0.739. The van der Waals surface area contributed by atoms with Gasteiger partial charge >= 0.3 is 0 Å². The van der Waals surface area contributed by atoms with E-state index in [1.54, 1.807) is 11.8 Å². The first kappa shape index (κ1) is 13.8. The Hall–Kier alpha value is -1.58. The van der Waals surface area contributed by atoms with Gasteiger partial charge in [0.2, 0.25) is 11.1 Å². The van der Waals surface area contributed by atoms with Crippen LogP contribution in [0.4, 0.5) is 0 Å². The number of ether oxygens (including phenoxy) is 1. The van der Waals surface area contributed by atoms with Gasteiger partial charge in [-0.1, -0.05) is 5.16 Å². The van der Waals surface area contributed by atoms with Crippen LogP contribution in [0.2, 0.25) is 5.22 Å². The lowest BCUT2D eigenvalue weighted by Gasteiger charge is -2.31. The number of hydrogen-bond donors (Lipinski definition) is 0. The van der Waals surface area contributed by atoms with E-state index in [1.807, 2.05) is 0 Å². The third-order valence-electron chi connectivity index (χ3n) is 3.12. The number of nitrogens with zero attached hydrogens (tertiary/aromatic N) is 3. The van der Waals surface area contributed by atoms with Gasteiger partial charge in [0.1, 0.15) is 6.04 Å². The molecule has 2 rings (SSSR count). The fourth-order valence-corrected chi connectivity index (χ4v) is 2.29. The summed E-state index contributed by atoms with van der Waals surface area (Å²) in [5.41, 5.74) is 1.44. The van der Waals surface area contributed by atoms with Crippen molar-refractivity contribution < 1.29 is 14.1 Å². The molecule has 1 aliphatic rings. The zero-order chi connectivity index (χ0) is 13.8. The second-order valence-electron chi connectivity index (χ2n) is 4.33. The number of aryl methyl sites for hydroxylation is 1. The predicted octanol–water partition coefficient (Wildman–Crippen LogP) is 1.32. The normalized spacial score (nSPS) is 19.2. The summed E-state index contributed by atoms with van der Waals surface area (Å²) >= 11 is 5.84. The summed E-state index contributed by atoms with van der Waals surface area (Å²) in [4.78, 5) is 13.7. The van der Waals surface area contributed by atoms with Gasteiger partial charge in [-0.15, -0.1) is 0 Å². The van der Waals surface area contributed by atoms with Crippen molar-refractivity contribution in [2.75, 3.05) is 19.8 Å². The molecule has 1 saturated heterocycles. The van der Waals surface area contributed by atoms with Crippen molar-refractivity contribution in [3.63, 3.8) is 0 Å². The van der Waals surface area contributed by atoms with Crippen LogP contribution in [0.1, 0.15) is 17.7 Å². The summed E-state index contributed by atoms with van der Waals surface area (Å²) in [5, 5.41) is 12.9. The molecule has 19 heavy (non-hydrogen) atoms. The monoisotopic (exact) mass is 283 g/mol. The third kappa shape index (κ3) is 3.06. The van der Waals surface area contributed by atoms with Gasteiger partial charge in [0, 0.05) is 18.5 Å². The number of aromatic nitrogens is 1. The minimum Gasteiger partial charge on any atom is -0.376 e. The Bertz CT molecular complexity index is 489. The highest BCUT2D eigenvalue weighted by molar-refractivity contribution is 6.29. The van der Waals surface area contributed by atoms with Gasteiger partial charge in [0.25, 0.3) is 0 Å². The molecule has 0 N–H and O–H groups in total. The van der Waals surface area contributed by atoms with Crippen molar-refractivity contribution in [1.82, 2.24) is 10.1 Å². The molecule has 0 aliphatic carbocycles. The molecule has 1 amide bonds. The molecule has 6 nitrogen and oxygen atoms in total. The lowest BCUT2D eigenvalue weighted by atomic mass is 10.1. The number of carbonyl (C=O) groups excluding carboxylic acids is 1. The first-order chi connectivity index (χ1) is 9.13. The van der Waals surface area contributed by atoms with Crippen molar-refractivity contribution in [2.45, 2.75) is 25.8 Å². The van der Waals surface area contributed by atoms with Gasteiger partial charge in [-0.05, 0) is 24.9 Å². The van der Waals surface area contributed by atoms with Crippen LogP contribution in [0.3, 0.4) is 0 Å². The first-order valence-corrected chi connectivity index (χ1v) is 6.38. The molecule has 1 aromatic rings. The molecule has 102 valence electrons. The quantitative estimate of drug-likeness (QED) is 0.836. The molecular formula is C12H14ClN3O3. The second-order valence-corrected chi connectivity index (χ2v) is 4.67. The lowest BCUT2D eigenvalue weighted by molar-refractivity contribution is -0.137. The van der Waals surface area contributed by atoms with Crippen LogP contribution in [0, 0.1) is 18.3 Å². The summed E-state index contributed by atoms with van der Waals surface area (Å²) < 4.78 is 10.0. The molecule has 0 aromatic carbocycles. The third-order valence-corrected chi connectivity index (χ3v) is 3.42. The molecule has 1 atom stereocenters. The molecule has 1 unspecified atom stereocenters. The molecule has 1 aliphatic heterocycles. The number of nitriles is 1. The molecule has 2 heterocycles. The predicted molar refractivity (Wildman–Crippen MR) is 66.5 cm³/mol. The van der Waals surface area contributed by atoms with Crippen LogP contribution < -0.4 is 0 Å². The number of amides is 1. The first-order valence-electron chi connectivity index (χ1n) is 6.01. The molecular weight excluding hydrogens is 270 g/mol. The van der Waals surface area contributed by atoms with Crippen molar-refractivity contribution >= 4 is 17.5 Å². The maximum absolute atomic E-state index is 12.1. The van der Waals surface area contributed by atoms with Crippen LogP contribution in [-0.2, 0) is 16.0 Å². The van der Waals surface area contributed by atoms with E-state index in [9.17, 15) is 4.79 Å². The summed E-state index contributed by atoms with van der Waals surface area (Å²) in [5.74, 6) is -0.0773. The maximum Gasteiger partial charge on any atom is 0.229 e. The average molecular weight is 284 g/mol. The van der Waals surface area contributed by atoms with Gasteiger partial charge in [0.05, 0.1) is 25.0 Å². The van der Waals surface area contributed by atoms with Crippen molar-refractivity contribution in [3.8, 4) is 6.07 Å². The highest BCUT2D eigenvalue weighted by Crippen LogP contribution is 2.21. The Morgan fingerprint density at radius 2 is 2.47 bits per heavy atom. The summed E-state index contributed by atoms with van der Waals surface area (Å²) in [6.45, 7) is 2.97. The van der Waals surface area contributed by atoms with Crippen LogP contribution in [0.25, 0.3) is 0 Å². The fourth-order valence-electron chi connectivity index (χ4n) is 2.02. The molecule has 0 saturated carbocycles. The van der Waals surface area contributed by atoms with Gasteiger partial charge in [-0.25, -0.2) is 0 Å². The zero-order valence-corrected chi connectivity index (χ0v) is 11.3. The minimum atomic E-state index is -0.500. The van der Waals surface area contributed by atoms with Crippen LogP contribution in [0.15, 0.2) is 4.52 Å². The molecule has 0 bridgehead atoms. The van der Waals surface area contributed by atoms with Crippen LogP contribution in [0.5, 0.6) is 0 Å². The smallest absolute Gasteiger partial charge is 0.229 e. The van der Waals surface area contributed by atoms with Gasteiger partial charge < -0.3 is 14.2 Å². The van der Waals surface area contributed by atoms with Crippen LogP contribution in [-0.4, -0.2) is 41.8 Å². The van der Waals surface area contributed by atoms with E-state index in [2.05, 4.69) is 11.2 Å². The zero-order valence-electron chi connectivity index (χ0n) is 10.6. The Kier molecular flexibility index (Phi) is 4.40. The summed E-state index contributed by atoms with van der Waals surface area (Å²) in [6, 6.07) is 1.57. The fraction of sp³-hybridized carbons (Fsp3) is 0.583. The van der Waals surface area contributed by atoms with E-state index in [4.69, 9.17) is 26.1 Å². The van der Waals surface area contributed by atoms with E-state index in [0.29, 0.717) is 25.3 Å². The Morgan fingerprint density at radius 1 is 1.68 bits per heavy atom. The maximum atomic E-state index is 12.1. The summed E-state index contributed by atoms with van der Waals surface area (Å²) in [7, 11) is 0. The topological polar surface area (TPSA) is 79.4 Å². The largest absolute Gasteiger partial charge is 0.376 e. The minimum absolute atomic E-state index is 0.0773. The number of rotatable bonds is 3. The van der Waals surface area contributed by atoms with Gasteiger partial charge in [0.15, 0.2) is 0 Å². The Morgan fingerprint density at radius 3 is 3.11 bits per heavy atom. The van der Waals surface area contributed by atoms with Crippen molar-refractivity contribution in [1.29, 1.82) is 5.26 Å².